The number of nitrogens with one attached hydrogen (secondary N) is 1. The minimum atomic E-state index is -0.531. The highest BCUT2D eigenvalue weighted by Crippen LogP contribution is 2.33. The van der Waals surface area contributed by atoms with Crippen LogP contribution in [0.5, 0.6) is 0 Å². The Bertz CT molecular complexity index is 1340. The van der Waals surface area contributed by atoms with Crippen LogP contribution >= 0.6 is 0 Å². The molecular weight excluding hydrogens is 310 g/mol. The smallest absolute Gasteiger partial charge is 0.336 e. The van der Waals surface area contributed by atoms with Gasteiger partial charge in [0.15, 0.2) is 5.58 Å². The number of pyridine rings is 1. The van der Waals surface area contributed by atoms with Crippen LogP contribution in [0.25, 0.3) is 32.8 Å². The van der Waals surface area contributed by atoms with E-state index in [0.29, 0.717) is 38.4 Å². The third kappa shape index (κ3) is 1.86. The molecule has 24 heavy (non-hydrogen) atoms. The number of fused-ring (bicyclic) bond motifs is 5. The predicted molar refractivity (Wildman–Crippen MR) is 90.9 cm³/mol. The highest BCUT2D eigenvalue weighted by molar-refractivity contribution is 6.17. The van der Waals surface area contributed by atoms with Gasteiger partial charge in [-0.15, -0.1) is 0 Å². The molecule has 0 saturated heterocycles. The predicted octanol–water partition coefficient (Wildman–Crippen LogP) is 2.67. The number of hydrogen-bond donors (Lipinski definition) is 1. The third-order valence-corrected chi connectivity index (χ3v) is 4.28. The number of aromatic nitrogens is 1. The molecule has 3 heterocycles. The number of hydrogen-bond acceptors (Lipinski definition) is 5. The van der Waals surface area contributed by atoms with Crippen LogP contribution in [0.2, 0.25) is 0 Å². The first-order valence-electron chi connectivity index (χ1n) is 7.41. The maximum absolute atomic E-state index is 12.5. The zero-order valence-electron chi connectivity index (χ0n) is 13.3. The molecule has 0 aliphatic carbocycles. The van der Waals surface area contributed by atoms with Gasteiger partial charge in [0.25, 0.3) is 5.56 Å². The summed E-state index contributed by atoms with van der Waals surface area (Å²) >= 11 is 0. The van der Waals surface area contributed by atoms with E-state index >= 15 is 0 Å². The fraction of sp³-hybridized carbons (Fsp3) is 0.167. The number of aryl methyl sites for hydroxylation is 3. The van der Waals surface area contributed by atoms with E-state index in [1.165, 1.54) is 12.1 Å². The van der Waals surface area contributed by atoms with Crippen LogP contribution in [0.15, 0.2) is 41.4 Å². The lowest BCUT2D eigenvalue weighted by Crippen LogP contribution is -2.12. The summed E-state index contributed by atoms with van der Waals surface area (Å²) in [5, 5.41) is 1.53. The molecule has 0 atom stereocenters. The number of aromatic amines is 1. The lowest BCUT2D eigenvalue weighted by Gasteiger charge is -2.11. The topological polar surface area (TPSA) is 93.3 Å². The largest absolute Gasteiger partial charge is 0.423 e. The van der Waals surface area contributed by atoms with Gasteiger partial charge >= 0.3 is 11.3 Å². The summed E-state index contributed by atoms with van der Waals surface area (Å²) < 4.78 is 10.7. The Morgan fingerprint density at radius 1 is 0.750 bits per heavy atom. The van der Waals surface area contributed by atoms with Crippen molar-refractivity contribution in [3.63, 3.8) is 0 Å². The molecule has 0 radical (unpaired) electrons. The molecule has 0 saturated carbocycles. The van der Waals surface area contributed by atoms with Gasteiger partial charge in [0.2, 0.25) is 0 Å². The van der Waals surface area contributed by atoms with Crippen LogP contribution in [-0.4, -0.2) is 4.98 Å². The molecule has 6 heteroatoms. The SMILES string of the molecule is Cc1cc2oc(=O)cc(C)c2c2c1[nH]c(=O)c1c(C)cc(=O)oc12. The molecule has 0 spiro atoms. The molecule has 1 N–H and O–H groups in total. The molecule has 4 rings (SSSR count). The van der Waals surface area contributed by atoms with Crippen molar-refractivity contribution in [3.05, 3.63) is 66.1 Å². The number of H-pyrrole nitrogens is 1. The van der Waals surface area contributed by atoms with E-state index in [4.69, 9.17) is 8.83 Å². The quantitative estimate of drug-likeness (QED) is 0.397. The van der Waals surface area contributed by atoms with Crippen molar-refractivity contribution in [2.75, 3.05) is 0 Å². The lowest BCUT2D eigenvalue weighted by molar-refractivity contribution is 0.557. The zero-order chi connectivity index (χ0) is 17.2. The van der Waals surface area contributed by atoms with Gasteiger partial charge in [0.05, 0.1) is 16.3 Å². The lowest BCUT2D eigenvalue weighted by atomic mass is 10.00. The van der Waals surface area contributed by atoms with Gasteiger partial charge in [0.1, 0.15) is 5.58 Å². The second kappa shape index (κ2) is 4.67. The Balaban J connectivity index is 2.51. The Morgan fingerprint density at radius 3 is 2.08 bits per heavy atom. The van der Waals surface area contributed by atoms with Crippen LogP contribution in [0.3, 0.4) is 0 Å². The van der Waals surface area contributed by atoms with Gasteiger partial charge in [0, 0.05) is 17.5 Å². The molecule has 0 aliphatic rings. The first kappa shape index (κ1) is 14.4. The van der Waals surface area contributed by atoms with E-state index in [2.05, 4.69) is 4.98 Å². The standard InChI is InChI=1S/C18H13NO5/c1-7-5-11(20)23-10-4-9(3)16-15(13(7)10)17-14(18(22)19-16)8(2)6-12(21)24-17/h4-6H,1-3H3,(H,19,22). The van der Waals surface area contributed by atoms with Crippen LogP contribution in [0, 0.1) is 20.8 Å². The van der Waals surface area contributed by atoms with Gasteiger partial charge in [-0.3, -0.25) is 4.79 Å². The molecule has 0 fully saturated rings. The summed E-state index contributed by atoms with van der Waals surface area (Å²) in [6.45, 7) is 5.25. The molecule has 0 bridgehead atoms. The van der Waals surface area contributed by atoms with E-state index in [1.807, 2.05) is 0 Å². The van der Waals surface area contributed by atoms with E-state index in [1.54, 1.807) is 26.8 Å². The van der Waals surface area contributed by atoms with Crippen molar-refractivity contribution in [2.24, 2.45) is 0 Å². The third-order valence-electron chi connectivity index (χ3n) is 4.28. The van der Waals surface area contributed by atoms with Gasteiger partial charge in [-0.2, -0.15) is 0 Å². The maximum Gasteiger partial charge on any atom is 0.336 e. The van der Waals surface area contributed by atoms with E-state index in [9.17, 15) is 14.4 Å². The Kier molecular flexibility index (Phi) is 2.81. The van der Waals surface area contributed by atoms with Crippen molar-refractivity contribution in [3.8, 4) is 0 Å². The molecule has 120 valence electrons. The highest BCUT2D eigenvalue weighted by atomic mass is 16.4. The fourth-order valence-electron chi connectivity index (χ4n) is 3.28. The zero-order valence-corrected chi connectivity index (χ0v) is 13.3. The first-order chi connectivity index (χ1) is 11.4. The first-order valence-corrected chi connectivity index (χ1v) is 7.41. The van der Waals surface area contributed by atoms with Crippen LogP contribution < -0.4 is 16.8 Å². The Hall–Kier alpha value is -3.15. The highest BCUT2D eigenvalue weighted by Gasteiger charge is 2.17. The second-order valence-electron chi connectivity index (χ2n) is 5.97. The fourth-order valence-corrected chi connectivity index (χ4v) is 3.28. The average molecular weight is 323 g/mol. The molecule has 1 aromatic carbocycles. The molecule has 0 aliphatic heterocycles. The van der Waals surface area contributed by atoms with E-state index in [-0.39, 0.29) is 11.1 Å². The molecule has 4 aromatic rings. The van der Waals surface area contributed by atoms with Gasteiger partial charge < -0.3 is 13.8 Å². The Morgan fingerprint density at radius 2 is 1.38 bits per heavy atom. The van der Waals surface area contributed by atoms with Crippen molar-refractivity contribution < 1.29 is 8.83 Å². The van der Waals surface area contributed by atoms with Crippen LogP contribution in [0.1, 0.15) is 16.7 Å². The van der Waals surface area contributed by atoms with Crippen molar-refractivity contribution in [1.82, 2.24) is 4.98 Å². The van der Waals surface area contributed by atoms with Crippen LogP contribution in [-0.2, 0) is 0 Å². The van der Waals surface area contributed by atoms with Gasteiger partial charge in [-0.05, 0) is 43.5 Å². The molecule has 0 unspecified atom stereocenters. The summed E-state index contributed by atoms with van der Waals surface area (Å²) in [4.78, 5) is 38.9. The average Bonchev–Trinajstić information content (AvgIpc) is 2.46. The molecule has 6 nitrogen and oxygen atoms in total. The summed E-state index contributed by atoms with van der Waals surface area (Å²) in [7, 11) is 0. The minimum Gasteiger partial charge on any atom is -0.423 e. The number of rotatable bonds is 0. The summed E-state index contributed by atoms with van der Waals surface area (Å²) in [6, 6.07) is 4.36. The second-order valence-corrected chi connectivity index (χ2v) is 5.97. The van der Waals surface area contributed by atoms with Crippen molar-refractivity contribution in [1.29, 1.82) is 0 Å². The van der Waals surface area contributed by atoms with Gasteiger partial charge in [-0.1, -0.05) is 0 Å². The van der Waals surface area contributed by atoms with Crippen molar-refractivity contribution >= 4 is 32.8 Å². The minimum absolute atomic E-state index is 0.212. The van der Waals surface area contributed by atoms with Gasteiger partial charge in [-0.25, -0.2) is 9.59 Å². The summed E-state index contributed by atoms with van der Waals surface area (Å²) in [5.74, 6) is 0. The normalized spacial score (nSPS) is 11.6. The van der Waals surface area contributed by atoms with Crippen molar-refractivity contribution in [2.45, 2.75) is 20.8 Å². The summed E-state index contributed by atoms with van der Waals surface area (Å²) in [6.07, 6.45) is 0. The molecule has 0 amide bonds. The number of benzene rings is 1. The molecule has 3 aromatic heterocycles. The Labute approximate surface area is 134 Å². The van der Waals surface area contributed by atoms with E-state index in [0.717, 1.165) is 5.56 Å². The molecular formula is C18H13NO5. The monoisotopic (exact) mass is 323 g/mol. The summed E-state index contributed by atoms with van der Waals surface area (Å²) in [5.41, 5.74) is 1.79. The van der Waals surface area contributed by atoms with Crippen LogP contribution in [0.4, 0.5) is 0 Å². The maximum atomic E-state index is 12.5. The van der Waals surface area contributed by atoms with E-state index < -0.39 is 11.3 Å².